The van der Waals surface area contributed by atoms with E-state index >= 15 is 0 Å². The maximum atomic E-state index is 13.1. The van der Waals surface area contributed by atoms with Gasteiger partial charge in [0, 0.05) is 4.47 Å². The Morgan fingerprint density at radius 1 is 0.906 bits per heavy atom. The molecule has 4 rings (SSSR count). The van der Waals surface area contributed by atoms with Crippen molar-refractivity contribution in [2.24, 2.45) is 0 Å². The number of imide groups is 2. The van der Waals surface area contributed by atoms with Crippen molar-refractivity contribution < 1.29 is 14.4 Å². The first-order valence-electron chi connectivity index (χ1n) is 10.1. The summed E-state index contributed by atoms with van der Waals surface area (Å²) in [5.74, 6) is -1.33. The molecule has 1 N–H and O–H groups in total. The maximum absolute atomic E-state index is 13.1. The molecule has 0 aromatic heterocycles. The van der Waals surface area contributed by atoms with E-state index in [1.165, 1.54) is 11.6 Å². The van der Waals surface area contributed by atoms with Crippen LogP contribution in [0.3, 0.4) is 0 Å². The number of aryl methyl sites for hydroxylation is 1. The van der Waals surface area contributed by atoms with Gasteiger partial charge in [-0.1, -0.05) is 70.5 Å². The van der Waals surface area contributed by atoms with Crippen LogP contribution in [0.25, 0.3) is 6.08 Å². The van der Waals surface area contributed by atoms with Gasteiger partial charge in [-0.15, -0.1) is 0 Å². The predicted octanol–water partition coefficient (Wildman–Crippen LogP) is 5.32. The van der Waals surface area contributed by atoms with Crippen LogP contribution in [-0.2, 0) is 16.0 Å². The fraction of sp³-hybridized carbons (Fsp3) is 0.115. The zero-order chi connectivity index (χ0) is 22.8. The molecule has 5 nitrogen and oxygen atoms in total. The highest BCUT2D eigenvalue weighted by Gasteiger charge is 2.37. The minimum atomic E-state index is -0.741. The molecule has 3 aromatic rings. The molecule has 1 fully saturated rings. The van der Waals surface area contributed by atoms with E-state index in [-0.39, 0.29) is 5.57 Å². The van der Waals surface area contributed by atoms with Gasteiger partial charge < -0.3 is 0 Å². The molecular weight excluding hydrogens is 468 g/mol. The van der Waals surface area contributed by atoms with E-state index in [9.17, 15) is 14.4 Å². The van der Waals surface area contributed by atoms with Crippen molar-refractivity contribution in [1.29, 1.82) is 0 Å². The van der Waals surface area contributed by atoms with Gasteiger partial charge in [0.05, 0.1) is 5.69 Å². The number of anilines is 1. The van der Waals surface area contributed by atoms with Crippen LogP contribution in [0.1, 0.15) is 27.8 Å². The Morgan fingerprint density at radius 3 is 2.34 bits per heavy atom. The topological polar surface area (TPSA) is 66.5 Å². The van der Waals surface area contributed by atoms with E-state index in [1.54, 1.807) is 12.1 Å². The summed E-state index contributed by atoms with van der Waals surface area (Å²) >= 11 is 3.56. The molecule has 160 valence electrons. The number of rotatable bonds is 4. The number of barbiturate groups is 1. The average Bonchev–Trinajstić information content (AvgIpc) is 2.77. The number of nitrogens with one attached hydrogen (secondary N) is 1. The van der Waals surface area contributed by atoms with Crippen LogP contribution in [0.5, 0.6) is 0 Å². The average molecular weight is 489 g/mol. The van der Waals surface area contributed by atoms with E-state index in [4.69, 9.17) is 0 Å². The summed E-state index contributed by atoms with van der Waals surface area (Å²) in [5, 5.41) is 2.28. The molecule has 0 atom stereocenters. The normalized spacial score (nSPS) is 15.3. The lowest BCUT2D eigenvalue weighted by molar-refractivity contribution is -0.122. The zero-order valence-corrected chi connectivity index (χ0v) is 19.3. The number of benzene rings is 3. The van der Waals surface area contributed by atoms with Crippen LogP contribution in [0, 0.1) is 13.8 Å². The molecular formula is C26H21BrN2O3. The first-order chi connectivity index (χ1) is 15.3. The summed E-state index contributed by atoms with van der Waals surface area (Å²) in [7, 11) is 0. The van der Waals surface area contributed by atoms with Gasteiger partial charge in [0.2, 0.25) is 0 Å². The SMILES string of the molecule is Cc1cccc(N2C(=O)NC(=O)/C(=C\c3ccc(Cc4ccccc4Br)cc3)C2=O)c1C. The van der Waals surface area contributed by atoms with Gasteiger partial charge in [-0.3, -0.25) is 14.9 Å². The summed E-state index contributed by atoms with van der Waals surface area (Å²) < 4.78 is 1.05. The maximum Gasteiger partial charge on any atom is 0.335 e. The molecule has 4 amide bonds. The number of halogens is 1. The molecule has 32 heavy (non-hydrogen) atoms. The first kappa shape index (κ1) is 21.7. The van der Waals surface area contributed by atoms with Crippen LogP contribution in [0.15, 0.2) is 76.8 Å². The third kappa shape index (κ3) is 4.27. The Hall–Kier alpha value is -3.51. The first-order valence-corrected chi connectivity index (χ1v) is 10.9. The highest BCUT2D eigenvalue weighted by atomic mass is 79.9. The monoisotopic (exact) mass is 488 g/mol. The van der Waals surface area contributed by atoms with Gasteiger partial charge in [0.1, 0.15) is 5.57 Å². The van der Waals surface area contributed by atoms with Crippen molar-refractivity contribution in [3.05, 3.63) is 105 Å². The van der Waals surface area contributed by atoms with Crippen LogP contribution in [0.2, 0.25) is 0 Å². The van der Waals surface area contributed by atoms with Crippen molar-refractivity contribution in [2.45, 2.75) is 20.3 Å². The Labute approximate surface area is 194 Å². The lowest BCUT2D eigenvalue weighted by atomic mass is 10.0. The van der Waals surface area contributed by atoms with Gasteiger partial charge in [-0.25, -0.2) is 9.69 Å². The van der Waals surface area contributed by atoms with Crippen molar-refractivity contribution in [3.63, 3.8) is 0 Å². The largest absolute Gasteiger partial charge is 0.335 e. The highest BCUT2D eigenvalue weighted by Crippen LogP contribution is 2.27. The van der Waals surface area contributed by atoms with Gasteiger partial charge in [0.25, 0.3) is 11.8 Å². The van der Waals surface area contributed by atoms with E-state index in [0.717, 1.165) is 32.5 Å². The van der Waals surface area contributed by atoms with Gasteiger partial charge in [-0.05, 0) is 66.3 Å². The van der Waals surface area contributed by atoms with E-state index < -0.39 is 17.8 Å². The molecule has 0 saturated carbocycles. The molecule has 1 aliphatic heterocycles. The third-order valence-electron chi connectivity index (χ3n) is 5.56. The standard InChI is InChI=1S/C26H21BrN2O3/c1-16-6-5-9-23(17(16)2)29-25(31)21(24(30)28-26(29)32)15-19-12-10-18(11-13-19)14-20-7-3-4-8-22(20)27/h3-13,15H,14H2,1-2H3,(H,28,30,32)/b21-15+. The molecule has 0 aliphatic carbocycles. The Balaban J connectivity index is 1.62. The van der Waals surface area contributed by atoms with Gasteiger partial charge >= 0.3 is 6.03 Å². The second-order valence-corrected chi connectivity index (χ2v) is 8.54. The fourth-order valence-electron chi connectivity index (χ4n) is 3.61. The van der Waals surface area contributed by atoms with E-state index in [2.05, 4.69) is 27.3 Å². The molecule has 3 aromatic carbocycles. The minimum absolute atomic E-state index is 0.0796. The Kier molecular flexibility index (Phi) is 6.06. The molecule has 1 aliphatic rings. The molecule has 0 unspecified atom stereocenters. The molecule has 0 bridgehead atoms. The van der Waals surface area contributed by atoms with E-state index in [0.29, 0.717) is 11.3 Å². The van der Waals surface area contributed by atoms with E-state index in [1.807, 2.05) is 62.4 Å². The van der Waals surface area contributed by atoms with Crippen LogP contribution >= 0.6 is 15.9 Å². The summed E-state index contributed by atoms with van der Waals surface area (Å²) in [6, 6.07) is 20.3. The lowest BCUT2D eigenvalue weighted by Gasteiger charge is -2.28. The third-order valence-corrected chi connectivity index (χ3v) is 6.34. The second kappa shape index (κ2) is 8.93. The van der Waals surface area contributed by atoms with Gasteiger partial charge in [-0.2, -0.15) is 0 Å². The molecule has 0 radical (unpaired) electrons. The Morgan fingerprint density at radius 2 is 1.62 bits per heavy atom. The Bertz CT molecular complexity index is 1260. The molecule has 1 heterocycles. The smallest absolute Gasteiger partial charge is 0.273 e. The minimum Gasteiger partial charge on any atom is -0.273 e. The summed E-state index contributed by atoms with van der Waals surface area (Å²) in [6.07, 6.45) is 2.27. The second-order valence-electron chi connectivity index (χ2n) is 7.69. The zero-order valence-electron chi connectivity index (χ0n) is 17.7. The number of nitrogens with zero attached hydrogens (tertiary/aromatic N) is 1. The van der Waals surface area contributed by atoms with Crippen LogP contribution < -0.4 is 10.2 Å². The number of hydrogen-bond acceptors (Lipinski definition) is 3. The van der Waals surface area contributed by atoms with Crippen molar-refractivity contribution in [3.8, 4) is 0 Å². The van der Waals surface area contributed by atoms with Crippen LogP contribution in [-0.4, -0.2) is 17.8 Å². The predicted molar refractivity (Wildman–Crippen MR) is 128 cm³/mol. The molecule has 0 spiro atoms. The lowest BCUT2D eigenvalue weighted by Crippen LogP contribution is -2.54. The number of amides is 4. The highest BCUT2D eigenvalue weighted by molar-refractivity contribution is 9.10. The number of carbonyl (C=O) groups is 3. The number of carbonyl (C=O) groups excluding carboxylic acids is 3. The van der Waals surface area contributed by atoms with Crippen molar-refractivity contribution >= 4 is 45.5 Å². The summed E-state index contributed by atoms with van der Waals surface area (Å²) in [4.78, 5) is 39.1. The fourth-order valence-corrected chi connectivity index (χ4v) is 4.04. The quantitative estimate of drug-likeness (QED) is 0.399. The number of urea groups is 1. The molecule has 6 heteroatoms. The summed E-state index contributed by atoms with van der Waals surface area (Å²) in [6.45, 7) is 3.75. The van der Waals surface area contributed by atoms with Gasteiger partial charge in [0.15, 0.2) is 0 Å². The summed E-state index contributed by atoms with van der Waals surface area (Å²) in [5.41, 5.74) is 5.12. The van der Waals surface area contributed by atoms with Crippen molar-refractivity contribution in [2.75, 3.05) is 4.90 Å². The van der Waals surface area contributed by atoms with Crippen LogP contribution in [0.4, 0.5) is 10.5 Å². The number of hydrogen-bond donors (Lipinski definition) is 1. The molecule has 1 saturated heterocycles. The van der Waals surface area contributed by atoms with Crippen molar-refractivity contribution in [1.82, 2.24) is 5.32 Å².